The van der Waals surface area contributed by atoms with Gasteiger partial charge in [0.2, 0.25) is 0 Å². The summed E-state index contributed by atoms with van der Waals surface area (Å²) in [5.74, 6) is -2.89. The van der Waals surface area contributed by atoms with Crippen molar-refractivity contribution in [2.45, 2.75) is 0 Å². The Kier molecular flexibility index (Phi) is 3.86. The first-order valence-corrected chi connectivity index (χ1v) is 2.35. The van der Waals surface area contributed by atoms with Crippen molar-refractivity contribution in [2.75, 3.05) is 0 Å². The van der Waals surface area contributed by atoms with Crippen molar-refractivity contribution in [3.05, 3.63) is 29.8 Å². The number of halogens is 2. The SMILES string of the molecule is Oc1cccc(F)c1F.[Na]. The monoisotopic (exact) mass is 153 g/mol. The molecule has 0 heterocycles. The average molecular weight is 153 g/mol. The van der Waals surface area contributed by atoms with Gasteiger partial charge in [0.15, 0.2) is 17.4 Å². The van der Waals surface area contributed by atoms with Gasteiger partial charge in [-0.3, -0.25) is 0 Å². The van der Waals surface area contributed by atoms with Crippen LogP contribution in [0.25, 0.3) is 0 Å². The van der Waals surface area contributed by atoms with Crippen molar-refractivity contribution in [1.82, 2.24) is 0 Å². The molecule has 1 aromatic rings. The minimum atomic E-state index is -1.20. The molecule has 0 aliphatic rings. The Morgan fingerprint density at radius 3 is 2.20 bits per heavy atom. The number of phenols is 1. The molecule has 0 unspecified atom stereocenters. The van der Waals surface area contributed by atoms with Gasteiger partial charge in [-0.15, -0.1) is 0 Å². The predicted molar refractivity (Wildman–Crippen MR) is 33.8 cm³/mol. The van der Waals surface area contributed by atoms with Crippen LogP contribution in [0.2, 0.25) is 0 Å². The van der Waals surface area contributed by atoms with Crippen molar-refractivity contribution >= 4 is 29.6 Å². The van der Waals surface area contributed by atoms with E-state index in [1.807, 2.05) is 0 Å². The Balaban J connectivity index is 0.000000810. The van der Waals surface area contributed by atoms with Gasteiger partial charge < -0.3 is 5.11 Å². The number of phenolic OH excluding ortho intramolecular Hbond substituents is 1. The molecule has 0 atom stereocenters. The van der Waals surface area contributed by atoms with E-state index in [-0.39, 0.29) is 29.6 Å². The van der Waals surface area contributed by atoms with E-state index in [2.05, 4.69) is 0 Å². The van der Waals surface area contributed by atoms with Gasteiger partial charge in [-0.1, -0.05) is 6.07 Å². The van der Waals surface area contributed by atoms with E-state index in [4.69, 9.17) is 5.11 Å². The molecule has 0 aliphatic carbocycles. The van der Waals surface area contributed by atoms with Crippen LogP contribution in [0.15, 0.2) is 18.2 Å². The molecular formula is C6H4F2NaO. The van der Waals surface area contributed by atoms with Crippen LogP contribution in [0.4, 0.5) is 8.78 Å². The fourth-order valence-corrected chi connectivity index (χ4v) is 0.492. The molecule has 10 heavy (non-hydrogen) atoms. The van der Waals surface area contributed by atoms with Crippen molar-refractivity contribution < 1.29 is 13.9 Å². The number of hydrogen-bond acceptors (Lipinski definition) is 1. The number of rotatable bonds is 0. The molecule has 0 spiro atoms. The molecule has 0 bridgehead atoms. The largest absolute Gasteiger partial charge is 0.505 e. The maximum Gasteiger partial charge on any atom is 0.200 e. The predicted octanol–water partition coefficient (Wildman–Crippen LogP) is 1.29. The van der Waals surface area contributed by atoms with E-state index in [0.717, 1.165) is 12.1 Å². The van der Waals surface area contributed by atoms with E-state index in [9.17, 15) is 8.78 Å². The minimum absolute atomic E-state index is 0. The quantitative estimate of drug-likeness (QED) is 0.557. The summed E-state index contributed by atoms with van der Waals surface area (Å²) in [6, 6.07) is 3.25. The molecule has 49 valence electrons. The molecular weight excluding hydrogens is 149 g/mol. The molecule has 1 radical (unpaired) electrons. The zero-order valence-corrected chi connectivity index (χ0v) is 7.44. The van der Waals surface area contributed by atoms with E-state index < -0.39 is 17.4 Å². The fourth-order valence-electron chi connectivity index (χ4n) is 0.492. The van der Waals surface area contributed by atoms with Crippen molar-refractivity contribution in [3.8, 4) is 5.75 Å². The molecule has 4 heteroatoms. The minimum Gasteiger partial charge on any atom is -0.505 e. The van der Waals surface area contributed by atoms with Gasteiger partial charge >= 0.3 is 0 Å². The van der Waals surface area contributed by atoms with Gasteiger partial charge in [-0.2, -0.15) is 4.39 Å². The smallest absolute Gasteiger partial charge is 0.200 e. The van der Waals surface area contributed by atoms with Crippen LogP contribution in [-0.2, 0) is 0 Å². The van der Waals surface area contributed by atoms with Crippen LogP contribution >= 0.6 is 0 Å². The van der Waals surface area contributed by atoms with Gasteiger partial charge in [0.25, 0.3) is 0 Å². The maximum atomic E-state index is 12.1. The second-order valence-electron chi connectivity index (χ2n) is 1.57. The third kappa shape index (κ3) is 1.94. The summed E-state index contributed by atoms with van der Waals surface area (Å²) in [6.45, 7) is 0. The van der Waals surface area contributed by atoms with E-state index in [1.54, 1.807) is 0 Å². The van der Waals surface area contributed by atoms with E-state index in [0.29, 0.717) is 0 Å². The first-order valence-electron chi connectivity index (χ1n) is 2.35. The van der Waals surface area contributed by atoms with E-state index in [1.165, 1.54) is 6.07 Å². The van der Waals surface area contributed by atoms with Crippen LogP contribution in [0.3, 0.4) is 0 Å². The number of benzene rings is 1. The van der Waals surface area contributed by atoms with Crippen LogP contribution in [0.1, 0.15) is 0 Å². The van der Waals surface area contributed by atoms with Gasteiger partial charge in [-0.25, -0.2) is 4.39 Å². The second-order valence-corrected chi connectivity index (χ2v) is 1.57. The normalized spacial score (nSPS) is 8.60. The molecule has 0 aliphatic heterocycles. The zero-order chi connectivity index (χ0) is 6.85. The molecule has 0 amide bonds. The molecule has 0 fully saturated rings. The summed E-state index contributed by atoms with van der Waals surface area (Å²) in [4.78, 5) is 0. The van der Waals surface area contributed by atoms with Crippen LogP contribution in [0, 0.1) is 11.6 Å². The Hall–Kier alpha value is -0.120. The third-order valence-corrected chi connectivity index (χ3v) is 0.931. The van der Waals surface area contributed by atoms with Gasteiger partial charge in [0, 0.05) is 29.6 Å². The maximum absolute atomic E-state index is 12.1. The van der Waals surface area contributed by atoms with Gasteiger partial charge in [0.1, 0.15) is 0 Å². The topological polar surface area (TPSA) is 20.2 Å². The van der Waals surface area contributed by atoms with Gasteiger partial charge in [0.05, 0.1) is 0 Å². The molecule has 1 N–H and O–H groups in total. The molecule has 0 saturated carbocycles. The van der Waals surface area contributed by atoms with E-state index >= 15 is 0 Å². The molecule has 1 aromatic carbocycles. The van der Waals surface area contributed by atoms with Gasteiger partial charge in [-0.05, 0) is 12.1 Å². The summed E-state index contributed by atoms with van der Waals surface area (Å²) < 4.78 is 24.2. The first kappa shape index (κ1) is 9.88. The van der Waals surface area contributed by atoms with Crippen LogP contribution < -0.4 is 0 Å². The Bertz CT molecular complexity index is 207. The Labute approximate surface area is 79.0 Å². The number of hydrogen-bond donors (Lipinski definition) is 1. The number of aromatic hydroxyl groups is 1. The average Bonchev–Trinajstić information content (AvgIpc) is 1.83. The van der Waals surface area contributed by atoms with Crippen molar-refractivity contribution in [2.24, 2.45) is 0 Å². The molecule has 1 rings (SSSR count). The third-order valence-electron chi connectivity index (χ3n) is 0.931. The summed E-state index contributed by atoms with van der Waals surface area (Å²) in [6.07, 6.45) is 0. The fraction of sp³-hybridized carbons (Fsp3) is 0. The zero-order valence-electron chi connectivity index (χ0n) is 5.44. The summed E-state index contributed by atoms with van der Waals surface area (Å²) in [5.41, 5.74) is 0. The molecule has 0 aromatic heterocycles. The first-order chi connectivity index (χ1) is 4.22. The van der Waals surface area contributed by atoms with Crippen molar-refractivity contribution in [3.63, 3.8) is 0 Å². The Morgan fingerprint density at radius 2 is 1.80 bits per heavy atom. The molecule has 1 nitrogen and oxygen atoms in total. The van der Waals surface area contributed by atoms with Crippen LogP contribution in [-0.4, -0.2) is 34.7 Å². The summed E-state index contributed by atoms with van der Waals surface area (Å²) in [7, 11) is 0. The molecule has 0 saturated heterocycles. The summed E-state index contributed by atoms with van der Waals surface area (Å²) >= 11 is 0. The summed E-state index contributed by atoms with van der Waals surface area (Å²) in [5, 5.41) is 8.49. The van der Waals surface area contributed by atoms with Crippen LogP contribution in [0.5, 0.6) is 5.75 Å². The Morgan fingerprint density at radius 1 is 1.20 bits per heavy atom. The standard InChI is InChI=1S/C6H4F2O.Na/c7-4-2-1-3-5(9)6(4)8;/h1-3,9H;. The second kappa shape index (κ2) is 3.91. The van der Waals surface area contributed by atoms with Crippen molar-refractivity contribution in [1.29, 1.82) is 0 Å².